The molecule has 1 aliphatic rings. The van der Waals surface area contributed by atoms with Crippen LogP contribution in [0.4, 0.5) is 0 Å². The summed E-state index contributed by atoms with van der Waals surface area (Å²) in [5.74, 6) is 0.848. The zero-order chi connectivity index (χ0) is 14.1. The highest BCUT2D eigenvalue weighted by Gasteiger charge is 2.39. The van der Waals surface area contributed by atoms with Crippen molar-refractivity contribution in [3.05, 3.63) is 69.6 Å². The minimum Gasteiger partial charge on any atom is -0.489 e. The lowest BCUT2D eigenvalue weighted by molar-refractivity contribution is -0.113. The molecule has 0 spiro atoms. The maximum Gasteiger partial charge on any atom is 0.159 e. The summed E-state index contributed by atoms with van der Waals surface area (Å²) < 4.78 is 6.02. The van der Waals surface area contributed by atoms with E-state index >= 15 is 0 Å². The van der Waals surface area contributed by atoms with Crippen LogP contribution in [-0.2, 0) is 9.53 Å². The molecule has 102 valence electrons. The van der Waals surface area contributed by atoms with Crippen LogP contribution in [0.3, 0.4) is 0 Å². The van der Waals surface area contributed by atoms with Gasteiger partial charge in [-0.1, -0.05) is 30.3 Å². The third-order valence-electron chi connectivity index (χ3n) is 3.71. The molecule has 0 amide bonds. The minimum absolute atomic E-state index is 0.00106. The van der Waals surface area contributed by atoms with Crippen LogP contribution in [-0.4, -0.2) is 5.78 Å². The molecule has 2 nitrogen and oxygen atoms in total. The van der Waals surface area contributed by atoms with Crippen LogP contribution in [0.1, 0.15) is 37.0 Å². The molecule has 1 aliphatic heterocycles. The number of Topliss-reactive ketones (excluding diaryl/α,β-unsaturated/α-hetero) is 1. The van der Waals surface area contributed by atoms with Gasteiger partial charge in [-0.2, -0.15) is 11.3 Å². The van der Waals surface area contributed by atoms with Gasteiger partial charge in [0.1, 0.15) is 11.9 Å². The van der Waals surface area contributed by atoms with Crippen molar-refractivity contribution in [2.75, 3.05) is 0 Å². The molecule has 2 aromatic rings. The van der Waals surface area contributed by atoms with E-state index in [1.54, 1.807) is 18.3 Å². The molecule has 0 saturated carbocycles. The molecular formula is C17H16O2S. The van der Waals surface area contributed by atoms with E-state index in [0.29, 0.717) is 0 Å². The topological polar surface area (TPSA) is 26.3 Å². The number of ether oxygens (including phenoxy) is 1. The second-order valence-corrected chi connectivity index (χ2v) is 5.79. The summed E-state index contributed by atoms with van der Waals surface area (Å²) in [7, 11) is 0. The molecule has 2 atom stereocenters. The highest BCUT2D eigenvalue weighted by molar-refractivity contribution is 7.08. The molecule has 0 aliphatic carbocycles. The molecule has 3 rings (SSSR count). The highest BCUT2D eigenvalue weighted by Crippen LogP contribution is 2.48. The number of ketones is 1. The van der Waals surface area contributed by atoms with E-state index in [-0.39, 0.29) is 17.8 Å². The molecule has 1 aromatic heterocycles. The van der Waals surface area contributed by atoms with Crippen molar-refractivity contribution in [1.82, 2.24) is 0 Å². The normalized spacial score (nSPS) is 21.9. The number of hydrogen-bond donors (Lipinski definition) is 0. The Kier molecular flexibility index (Phi) is 3.45. The summed E-state index contributed by atoms with van der Waals surface area (Å²) in [5.41, 5.74) is 3.07. The number of thiophene rings is 1. The molecule has 0 saturated heterocycles. The van der Waals surface area contributed by atoms with Crippen LogP contribution >= 0.6 is 11.3 Å². The molecule has 20 heavy (non-hydrogen) atoms. The van der Waals surface area contributed by atoms with Gasteiger partial charge in [-0.05, 0) is 41.8 Å². The molecule has 1 aromatic carbocycles. The van der Waals surface area contributed by atoms with Crippen molar-refractivity contribution in [2.45, 2.75) is 25.9 Å². The number of carbonyl (C=O) groups is 1. The van der Waals surface area contributed by atoms with E-state index in [2.05, 4.69) is 23.6 Å². The van der Waals surface area contributed by atoms with Crippen molar-refractivity contribution in [1.29, 1.82) is 0 Å². The van der Waals surface area contributed by atoms with E-state index in [9.17, 15) is 4.79 Å². The molecule has 0 bridgehead atoms. The molecular weight excluding hydrogens is 268 g/mol. The largest absolute Gasteiger partial charge is 0.489 e. The molecule has 0 fully saturated rings. The maximum absolute atomic E-state index is 12.0. The first kappa shape index (κ1) is 13.1. The minimum atomic E-state index is -0.107. The molecule has 3 heteroatoms. The lowest BCUT2D eigenvalue weighted by atomic mass is 9.84. The predicted molar refractivity (Wildman–Crippen MR) is 80.7 cm³/mol. The van der Waals surface area contributed by atoms with Crippen molar-refractivity contribution in [3.63, 3.8) is 0 Å². The summed E-state index contributed by atoms with van der Waals surface area (Å²) >= 11 is 1.65. The summed E-state index contributed by atoms with van der Waals surface area (Å²) in [5, 5.41) is 4.15. The van der Waals surface area contributed by atoms with Crippen LogP contribution in [0.5, 0.6) is 0 Å². The fourth-order valence-corrected chi connectivity index (χ4v) is 3.55. The Morgan fingerprint density at radius 3 is 2.50 bits per heavy atom. The molecule has 0 unspecified atom stereocenters. The molecule has 0 radical (unpaired) electrons. The van der Waals surface area contributed by atoms with E-state index in [4.69, 9.17) is 4.74 Å². The lowest BCUT2D eigenvalue weighted by Crippen LogP contribution is -2.12. The maximum atomic E-state index is 12.0. The third-order valence-corrected chi connectivity index (χ3v) is 4.41. The van der Waals surface area contributed by atoms with Crippen molar-refractivity contribution >= 4 is 17.1 Å². The van der Waals surface area contributed by atoms with E-state index in [1.165, 1.54) is 0 Å². The second-order valence-electron chi connectivity index (χ2n) is 5.01. The second kappa shape index (κ2) is 5.25. The smallest absolute Gasteiger partial charge is 0.159 e. The van der Waals surface area contributed by atoms with E-state index in [1.807, 2.05) is 30.5 Å². The summed E-state index contributed by atoms with van der Waals surface area (Å²) in [6.07, 6.45) is -0.107. The number of carbonyl (C=O) groups excluding carboxylic acids is 1. The Bertz CT molecular complexity index is 641. The van der Waals surface area contributed by atoms with Gasteiger partial charge in [0, 0.05) is 5.57 Å². The first-order valence-corrected chi connectivity index (χ1v) is 7.58. The van der Waals surface area contributed by atoms with Crippen molar-refractivity contribution in [3.8, 4) is 0 Å². The fourth-order valence-electron chi connectivity index (χ4n) is 2.86. The third kappa shape index (κ3) is 2.18. The summed E-state index contributed by atoms with van der Waals surface area (Å²) in [6, 6.07) is 12.2. The molecule has 2 heterocycles. The van der Waals surface area contributed by atoms with E-state index < -0.39 is 0 Å². The zero-order valence-electron chi connectivity index (χ0n) is 11.5. The van der Waals surface area contributed by atoms with Crippen molar-refractivity contribution < 1.29 is 9.53 Å². The van der Waals surface area contributed by atoms with Crippen LogP contribution in [0.2, 0.25) is 0 Å². The Balaban J connectivity index is 2.07. The Labute approximate surface area is 122 Å². The fraction of sp³-hybridized carbons (Fsp3) is 0.235. The van der Waals surface area contributed by atoms with Gasteiger partial charge in [0.2, 0.25) is 0 Å². The van der Waals surface area contributed by atoms with Gasteiger partial charge in [0.15, 0.2) is 5.78 Å². The van der Waals surface area contributed by atoms with Crippen LogP contribution < -0.4 is 0 Å². The number of hydrogen-bond acceptors (Lipinski definition) is 3. The lowest BCUT2D eigenvalue weighted by Gasteiger charge is -2.20. The van der Waals surface area contributed by atoms with Crippen molar-refractivity contribution in [2.24, 2.45) is 0 Å². The predicted octanol–water partition coefficient (Wildman–Crippen LogP) is 4.47. The van der Waals surface area contributed by atoms with Gasteiger partial charge in [-0.15, -0.1) is 0 Å². The number of benzene rings is 1. The number of rotatable bonds is 3. The Hall–Kier alpha value is -1.87. The van der Waals surface area contributed by atoms with Crippen LogP contribution in [0.15, 0.2) is 58.5 Å². The van der Waals surface area contributed by atoms with Crippen LogP contribution in [0, 0.1) is 0 Å². The molecule has 0 N–H and O–H groups in total. The van der Waals surface area contributed by atoms with Gasteiger partial charge in [-0.25, -0.2) is 0 Å². The Morgan fingerprint density at radius 1 is 1.15 bits per heavy atom. The number of allylic oxidation sites excluding steroid dienone is 1. The standard InChI is InChI=1S/C17H16O2S/c1-11(18)15-12(2)19-17(13-6-4-3-5-7-13)16(15)14-8-9-20-10-14/h3-10,16-17H,1-2H3/t16-,17-/m0/s1. The first-order valence-electron chi connectivity index (χ1n) is 6.64. The van der Waals surface area contributed by atoms with Gasteiger partial charge in [0.05, 0.1) is 5.92 Å². The quantitative estimate of drug-likeness (QED) is 0.831. The van der Waals surface area contributed by atoms with Gasteiger partial charge in [0.25, 0.3) is 0 Å². The summed E-state index contributed by atoms with van der Waals surface area (Å²) in [4.78, 5) is 12.0. The first-order chi connectivity index (χ1) is 9.68. The van der Waals surface area contributed by atoms with E-state index in [0.717, 1.165) is 22.5 Å². The average molecular weight is 284 g/mol. The van der Waals surface area contributed by atoms with Gasteiger partial charge in [-0.3, -0.25) is 4.79 Å². The van der Waals surface area contributed by atoms with Crippen LogP contribution in [0.25, 0.3) is 0 Å². The zero-order valence-corrected chi connectivity index (χ0v) is 12.3. The average Bonchev–Trinajstić information content (AvgIpc) is 3.06. The summed E-state index contributed by atoms with van der Waals surface area (Å²) in [6.45, 7) is 3.51. The Morgan fingerprint density at radius 2 is 1.90 bits per heavy atom. The monoisotopic (exact) mass is 284 g/mol. The highest BCUT2D eigenvalue weighted by atomic mass is 32.1. The SMILES string of the molecule is CC(=O)C1=C(C)O[C@@H](c2ccccc2)[C@H]1c1ccsc1. The van der Waals surface area contributed by atoms with Gasteiger partial charge >= 0.3 is 0 Å². The van der Waals surface area contributed by atoms with Gasteiger partial charge < -0.3 is 4.74 Å².